The van der Waals surface area contributed by atoms with Crippen molar-refractivity contribution < 1.29 is 0 Å². The van der Waals surface area contributed by atoms with Crippen LogP contribution >= 0.6 is 0 Å². The summed E-state index contributed by atoms with van der Waals surface area (Å²) in [6.07, 6.45) is 4.00. The van der Waals surface area contributed by atoms with Gasteiger partial charge in [-0.1, -0.05) is 0 Å². The molecule has 1 aliphatic heterocycles. The van der Waals surface area contributed by atoms with E-state index in [0.717, 1.165) is 18.8 Å². The molecular weight excluding hydrogens is 254 g/mol. The van der Waals surface area contributed by atoms with Crippen molar-refractivity contribution in [3.8, 4) is 0 Å². The quantitative estimate of drug-likeness (QED) is 0.724. The number of nitrogen functional groups attached to an aromatic ring is 1. The monoisotopic (exact) mass is 273 g/mol. The summed E-state index contributed by atoms with van der Waals surface area (Å²) in [6.45, 7) is 4.23. The second-order valence-corrected chi connectivity index (χ2v) is 5.16. The van der Waals surface area contributed by atoms with Crippen LogP contribution < -0.4 is 16.6 Å². The standard InChI is InChI=1S/C14H19N5O/c15-11-7-10-12(17-9-18-14(10)20)8-13(11)16-3-6-19-4-1-2-5-19/h7-9,16H,1-6,15H2,(H,17,18,20). The van der Waals surface area contributed by atoms with Crippen LogP contribution in [0.3, 0.4) is 0 Å². The average molecular weight is 273 g/mol. The first-order valence-electron chi connectivity index (χ1n) is 6.97. The fourth-order valence-electron chi connectivity index (χ4n) is 2.64. The molecule has 0 aliphatic carbocycles. The van der Waals surface area contributed by atoms with Gasteiger partial charge in [0.05, 0.1) is 28.6 Å². The largest absolute Gasteiger partial charge is 0.397 e. The van der Waals surface area contributed by atoms with Crippen LogP contribution in [0.5, 0.6) is 0 Å². The van der Waals surface area contributed by atoms with Gasteiger partial charge in [-0.25, -0.2) is 4.98 Å². The topological polar surface area (TPSA) is 87.0 Å². The molecule has 0 unspecified atom stereocenters. The number of rotatable bonds is 4. The molecule has 2 aromatic rings. The third-order valence-corrected chi connectivity index (χ3v) is 3.75. The highest BCUT2D eigenvalue weighted by Gasteiger charge is 2.11. The summed E-state index contributed by atoms with van der Waals surface area (Å²) in [5.41, 5.74) is 7.91. The van der Waals surface area contributed by atoms with Crippen LogP contribution in [-0.2, 0) is 0 Å². The van der Waals surface area contributed by atoms with Crippen molar-refractivity contribution in [2.24, 2.45) is 0 Å². The number of anilines is 2. The minimum absolute atomic E-state index is 0.162. The van der Waals surface area contributed by atoms with E-state index in [2.05, 4.69) is 20.2 Å². The molecule has 0 saturated carbocycles. The number of hydrogen-bond acceptors (Lipinski definition) is 5. The number of H-pyrrole nitrogens is 1. The van der Waals surface area contributed by atoms with Crippen molar-refractivity contribution in [3.05, 3.63) is 28.8 Å². The fraction of sp³-hybridized carbons (Fsp3) is 0.429. The summed E-state index contributed by atoms with van der Waals surface area (Å²) in [4.78, 5) is 20.8. The SMILES string of the molecule is Nc1cc2c(=O)[nH]cnc2cc1NCCN1CCCC1. The number of likely N-dealkylation sites (tertiary alicyclic amines) is 1. The van der Waals surface area contributed by atoms with Gasteiger partial charge in [0.15, 0.2) is 0 Å². The predicted molar refractivity (Wildman–Crippen MR) is 80.9 cm³/mol. The summed E-state index contributed by atoms with van der Waals surface area (Å²) in [6, 6.07) is 3.52. The van der Waals surface area contributed by atoms with Gasteiger partial charge in [0.2, 0.25) is 0 Å². The molecule has 1 aromatic heterocycles. The number of fused-ring (bicyclic) bond motifs is 1. The number of nitrogens with one attached hydrogen (secondary N) is 2. The zero-order valence-corrected chi connectivity index (χ0v) is 11.4. The number of hydrogen-bond donors (Lipinski definition) is 3. The Kier molecular flexibility index (Phi) is 3.56. The van der Waals surface area contributed by atoms with Crippen molar-refractivity contribution in [1.82, 2.24) is 14.9 Å². The highest BCUT2D eigenvalue weighted by atomic mass is 16.1. The van der Waals surface area contributed by atoms with Gasteiger partial charge < -0.3 is 20.9 Å². The van der Waals surface area contributed by atoms with Gasteiger partial charge >= 0.3 is 0 Å². The Morgan fingerprint density at radius 2 is 2.15 bits per heavy atom. The molecule has 1 fully saturated rings. The van der Waals surface area contributed by atoms with E-state index in [4.69, 9.17) is 5.73 Å². The van der Waals surface area contributed by atoms with E-state index >= 15 is 0 Å². The molecule has 2 heterocycles. The molecule has 3 rings (SSSR count). The van der Waals surface area contributed by atoms with Crippen LogP contribution in [0.25, 0.3) is 10.9 Å². The van der Waals surface area contributed by atoms with Crippen molar-refractivity contribution in [1.29, 1.82) is 0 Å². The first-order chi connectivity index (χ1) is 9.74. The maximum absolute atomic E-state index is 11.7. The van der Waals surface area contributed by atoms with Crippen LogP contribution in [0.1, 0.15) is 12.8 Å². The minimum atomic E-state index is -0.162. The Morgan fingerprint density at radius 1 is 1.35 bits per heavy atom. The Bertz CT molecular complexity index is 660. The van der Waals surface area contributed by atoms with Gasteiger partial charge in [0.1, 0.15) is 0 Å². The van der Waals surface area contributed by atoms with Crippen molar-refractivity contribution in [3.63, 3.8) is 0 Å². The molecule has 0 amide bonds. The lowest BCUT2D eigenvalue weighted by atomic mass is 10.2. The van der Waals surface area contributed by atoms with Gasteiger partial charge in [0, 0.05) is 13.1 Å². The highest BCUT2D eigenvalue weighted by molar-refractivity contribution is 5.88. The lowest BCUT2D eigenvalue weighted by Gasteiger charge is -2.16. The first kappa shape index (κ1) is 12.9. The van der Waals surface area contributed by atoms with Crippen LogP contribution in [0.15, 0.2) is 23.3 Å². The Morgan fingerprint density at radius 3 is 2.95 bits per heavy atom. The van der Waals surface area contributed by atoms with E-state index in [1.165, 1.54) is 32.3 Å². The molecule has 4 N–H and O–H groups in total. The summed E-state index contributed by atoms with van der Waals surface area (Å²) in [5.74, 6) is 0. The predicted octanol–water partition coefficient (Wildman–Crippen LogP) is 1.01. The third-order valence-electron chi connectivity index (χ3n) is 3.75. The van der Waals surface area contributed by atoms with Gasteiger partial charge in [-0.3, -0.25) is 4.79 Å². The van der Waals surface area contributed by atoms with E-state index < -0.39 is 0 Å². The molecule has 6 nitrogen and oxygen atoms in total. The summed E-state index contributed by atoms with van der Waals surface area (Å²) < 4.78 is 0. The van der Waals surface area contributed by atoms with Gasteiger partial charge in [-0.05, 0) is 38.1 Å². The fourth-order valence-corrected chi connectivity index (χ4v) is 2.64. The van der Waals surface area contributed by atoms with E-state index in [9.17, 15) is 4.79 Å². The number of benzene rings is 1. The minimum Gasteiger partial charge on any atom is -0.397 e. The zero-order valence-electron chi connectivity index (χ0n) is 11.4. The van der Waals surface area contributed by atoms with Crippen molar-refractivity contribution in [2.75, 3.05) is 37.2 Å². The van der Waals surface area contributed by atoms with E-state index in [-0.39, 0.29) is 5.56 Å². The van der Waals surface area contributed by atoms with Crippen LogP contribution in [0.4, 0.5) is 11.4 Å². The van der Waals surface area contributed by atoms with E-state index in [1.807, 2.05) is 6.07 Å². The van der Waals surface area contributed by atoms with Crippen LogP contribution in [-0.4, -0.2) is 41.0 Å². The summed E-state index contributed by atoms with van der Waals surface area (Å²) in [5, 5.41) is 3.86. The number of nitrogens with zero attached hydrogens (tertiary/aromatic N) is 2. The lowest BCUT2D eigenvalue weighted by molar-refractivity contribution is 0.353. The molecule has 0 atom stereocenters. The average Bonchev–Trinajstić information content (AvgIpc) is 2.94. The molecule has 0 radical (unpaired) electrons. The van der Waals surface area contributed by atoms with E-state index in [1.54, 1.807) is 6.07 Å². The molecule has 106 valence electrons. The zero-order chi connectivity index (χ0) is 13.9. The molecule has 1 aromatic carbocycles. The number of nitrogens with two attached hydrogens (primary N) is 1. The Hall–Kier alpha value is -2.08. The van der Waals surface area contributed by atoms with Crippen LogP contribution in [0, 0.1) is 0 Å². The highest BCUT2D eigenvalue weighted by Crippen LogP contribution is 2.22. The Labute approximate surface area is 117 Å². The Balaban J connectivity index is 1.74. The van der Waals surface area contributed by atoms with Crippen molar-refractivity contribution in [2.45, 2.75) is 12.8 Å². The molecule has 0 bridgehead atoms. The van der Waals surface area contributed by atoms with E-state index in [0.29, 0.717) is 16.6 Å². The normalized spacial score (nSPS) is 15.8. The second-order valence-electron chi connectivity index (χ2n) is 5.16. The summed E-state index contributed by atoms with van der Waals surface area (Å²) >= 11 is 0. The van der Waals surface area contributed by atoms with Crippen LogP contribution in [0.2, 0.25) is 0 Å². The third kappa shape index (κ3) is 2.60. The molecule has 6 heteroatoms. The number of aromatic nitrogens is 2. The summed E-state index contributed by atoms with van der Waals surface area (Å²) in [7, 11) is 0. The molecule has 1 saturated heterocycles. The first-order valence-corrected chi connectivity index (χ1v) is 6.97. The molecule has 0 spiro atoms. The van der Waals surface area contributed by atoms with Gasteiger partial charge in [0.25, 0.3) is 5.56 Å². The van der Waals surface area contributed by atoms with Gasteiger partial charge in [-0.15, -0.1) is 0 Å². The molecular formula is C14H19N5O. The maximum atomic E-state index is 11.7. The second kappa shape index (κ2) is 5.50. The smallest absolute Gasteiger partial charge is 0.258 e. The maximum Gasteiger partial charge on any atom is 0.258 e. The van der Waals surface area contributed by atoms with Crippen molar-refractivity contribution >= 4 is 22.3 Å². The molecule has 20 heavy (non-hydrogen) atoms. The van der Waals surface area contributed by atoms with Gasteiger partial charge in [-0.2, -0.15) is 0 Å². The molecule has 1 aliphatic rings. The lowest BCUT2D eigenvalue weighted by Crippen LogP contribution is -2.26. The number of aromatic amines is 1.